The van der Waals surface area contributed by atoms with Crippen LogP contribution in [0.3, 0.4) is 0 Å². The molecule has 2 aromatic rings. The molecule has 2 heterocycles. The van der Waals surface area contributed by atoms with Gasteiger partial charge in [-0.05, 0) is 31.2 Å². The van der Waals surface area contributed by atoms with E-state index in [9.17, 15) is 4.79 Å². The predicted octanol–water partition coefficient (Wildman–Crippen LogP) is 1.95. The van der Waals surface area contributed by atoms with E-state index >= 15 is 0 Å². The van der Waals surface area contributed by atoms with Crippen molar-refractivity contribution in [3.63, 3.8) is 0 Å². The van der Waals surface area contributed by atoms with E-state index in [4.69, 9.17) is 16.7 Å². The molecule has 1 aliphatic heterocycles. The van der Waals surface area contributed by atoms with Gasteiger partial charge in [0.1, 0.15) is 0 Å². The Bertz CT molecular complexity index is 727. The summed E-state index contributed by atoms with van der Waals surface area (Å²) in [6, 6.07) is 7.38. The van der Waals surface area contributed by atoms with Crippen LogP contribution in [0.1, 0.15) is 16.1 Å². The van der Waals surface area contributed by atoms with Crippen molar-refractivity contribution in [2.75, 3.05) is 39.3 Å². The van der Waals surface area contributed by atoms with E-state index in [1.807, 2.05) is 30.0 Å². The molecular formula is C17H20ClN3O2. The molecule has 0 aliphatic carbocycles. The Hall–Kier alpha value is -1.69. The first-order valence-corrected chi connectivity index (χ1v) is 8.15. The Morgan fingerprint density at radius 3 is 2.70 bits per heavy atom. The molecule has 23 heavy (non-hydrogen) atoms. The van der Waals surface area contributed by atoms with Gasteiger partial charge in [0.2, 0.25) is 0 Å². The van der Waals surface area contributed by atoms with Gasteiger partial charge in [0.25, 0.3) is 5.91 Å². The number of piperazine rings is 1. The summed E-state index contributed by atoms with van der Waals surface area (Å²) < 4.78 is 0. The summed E-state index contributed by atoms with van der Waals surface area (Å²) in [7, 11) is 0. The normalized spacial score (nSPS) is 16.0. The maximum absolute atomic E-state index is 12.8. The lowest BCUT2D eigenvalue weighted by Gasteiger charge is -2.34. The fourth-order valence-electron chi connectivity index (χ4n) is 2.95. The quantitative estimate of drug-likeness (QED) is 0.932. The fourth-order valence-corrected chi connectivity index (χ4v) is 3.13. The third-order valence-corrected chi connectivity index (χ3v) is 4.51. The van der Waals surface area contributed by atoms with Crippen LogP contribution < -0.4 is 0 Å². The Kier molecular flexibility index (Phi) is 4.80. The van der Waals surface area contributed by atoms with Gasteiger partial charge in [0, 0.05) is 43.1 Å². The summed E-state index contributed by atoms with van der Waals surface area (Å²) in [6.07, 6.45) is 0. The molecule has 0 spiro atoms. The van der Waals surface area contributed by atoms with Crippen molar-refractivity contribution < 1.29 is 9.90 Å². The number of amides is 1. The number of aryl methyl sites for hydroxylation is 1. The summed E-state index contributed by atoms with van der Waals surface area (Å²) >= 11 is 6.04. The predicted molar refractivity (Wildman–Crippen MR) is 90.9 cm³/mol. The number of carbonyl (C=O) groups is 1. The van der Waals surface area contributed by atoms with Crippen LogP contribution in [-0.2, 0) is 0 Å². The standard InChI is InChI=1S/C17H20ClN3O2/c1-12-15(11-13-10-14(18)2-3-16(13)19-12)17(23)21-6-4-20(5-7-21)8-9-22/h2-3,10-11,22H,4-9H2,1H3. The molecule has 0 unspecified atom stereocenters. The van der Waals surface area contributed by atoms with Crippen molar-refractivity contribution in [3.8, 4) is 0 Å². The summed E-state index contributed by atoms with van der Waals surface area (Å²) in [5.74, 6) is 0.0144. The number of hydrogen-bond acceptors (Lipinski definition) is 4. The van der Waals surface area contributed by atoms with Crippen LogP contribution in [-0.4, -0.2) is 65.1 Å². The van der Waals surface area contributed by atoms with Gasteiger partial charge < -0.3 is 10.0 Å². The molecule has 1 amide bonds. The maximum atomic E-state index is 12.8. The van der Waals surface area contributed by atoms with E-state index in [-0.39, 0.29) is 12.5 Å². The highest BCUT2D eigenvalue weighted by molar-refractivity contribution is 6.31. The van der Waals surface area contributed by atoms with E-state index in [2.05, 4.69) is 9.88 Å². The summed E-state index contributed by atoms with van der Waals surface area (Å²) in [6.45, 7) is 5.61. The molecule has 0 bridgehead atoms. The van der Waals surface area contributed by atoms with E-state index in [1.165, 1.54) is 0 Å². The highest BCUT2D eigenvalue weighted by Crippen LogP contribution is 2.22. The number of β-amino-alcohol motifs (C(OH)–C–C–N with tert-alkyl or cyclic N) is 1. The number of carbonyl (C=O) groups excluding carboxylic acids is 1. The van der Waals surface area contributed by atoms with Crippen molar-refractivity contribution in [1.82, 2.24) is 14.8 Å². The van der Waals surface area contributed by atoms with Gasteiger partial charge >= 0.3 is 0 Å². The molecule has 1 fully saturated rings. The molecule has 3 rings (SSSR count). The SMILES string of the molecule is Cc1nc2ccc(Cl)cc2cc1C(=O)N1CCN(CCO)CC1. The molecule has 0 radical (unpaired) electrons. The molecule has 6 heteroatoms. The van der Waals surface area contributed by atoms with Crippen molar-refractivity contribution >= 4 is 28.4 Å². The van der Waals surface area contributed by atoms with Crippen LogP contribution >= 0.6 is 11.6 Å². The average Bonchev–Trinajstić information content (AvgIpc) is 2.55. The summed E-state index contributed by atoms with van der Waals surface area (Å²) in [4.78, 5) is 21.3. The van der Waals surface area contributed by atoms with Crippen LogP contribution in [0.4, 0.5) is 0 Å². The van der Waals surface area contributed by atoms with Gasteiger partial charge in [-0.15, -0.1) is 0 Å². The Labute approximate surface area is 140 Å². The lowest BCUT2D eigenvalue weighted by atomic mass is 10.1. The molecule has 0 atom stereocenters. The van der Waals surface area contributed by atoms with Crippen LogP contribution in [0, 0.1) is 6.92 Å². The number of pyridine rings is 1. The monoisotopic (exact) mass is 333 g/mol. The Morgan fingerprint density at radius 1 is 1.26 bits per heavy atom. The Morgan fingerprint density at radius 2 is 2.00 bits per heavy atom. The number of rotatable bonds is 3. The average molecular weight is 334 g/mol. The van der Waals surface area contributed by atoms with E-state index in [0.29, 0.717) is 30.2 Å². The third kappa shape index (κ3) is 3.47. The second-order valence-corrected chi connectivity index (χ2v) is 6.25. The summed E-state index contributed by atoms with van der Waals surface area (Å²) in [5.41, 5.74) is 2.22. The highest BCUT2D eigenvalue weighted by atomic mass is 35.5. The van der Waals surface area contributed by atoms with Crippen LogP contribution in [0.2, 0.25) is 5.02 Å². The zero-order valence-corrected chi connectivity index (χ0v) is 13.9. The van der Waals surface area contributed by atoms with Gasteiger partial charge in [-0.3, -0.25) is 14.7 Å². The number of hydrogen-bond donors (Lipinski definition) is 1. The minimum absolute atomic E-state index is 0.0144. The van der Waals surface area contributed by atoms with Crippen molar-refractivity contribution in [1.29, 1.82) is 0 Å². The molecule has 0 saturated carbocycles. The number of aliphatic hydroxyl groups is 1. The third-order valence-electron chi connectivity index (χ3n) is 4.27. The molecular weight excluding hydrogens is 314 g/mol. The van der Waals surface area contributed by atoms with E-state index in [0.717, 1.165) is 29.7 Å². The minimum Gasteiger partial charge on any atom is -0.395 e. The van der Waals surface area contributed by atoms with Crippen molar-refractivity contribution in [2.24, 2.45) is 0 Å². The second-order valence-electron chi connectivity index (χ2n) is 5.82. The number of aromatic nitrogens is 1. The molecule has 1 aromatic carbocycles. The molecule has 1 aliphatic rings. The zero-order chi connectivity index (χ0) is 16.4. The van der Waals surface area contributed by atoms with Gasteiger partial charge in [-0.2, -0.15) is 0 Å². The lowest BCUT2D eigenvalue weighted by molar-refractivity contribution is 0.0614. The van der Waals surface area contributed by atoms with Gasteiger partial charge in [0.05, 0.1) is 23.4 Å². The first-order chi connectivity index (χ1) is 11.1. The maximum Gasteiger partial charge on any atom is 0.255 e. The largest absolute Gasteiger partial charge is 0.395 e. The number of nitrogens with zero attached hydrogens (tertiary/aromatic N) is 3. The van der Waals surface area contributed by atoms with Crippen molar-refractivity contribution in [2.45, 2.75) is 6.92 Å². The number of fused-ring (bicyclic) bond motifs is 1. The van der Waals surface area contributed by atoms with E-state index < -0.39 is 0 Å². The van der Waals surface area contributed by atoms with Gasteiger partial charge in [-0.25, -0.2) is 0 Å². The number of aliphatic hydroxyl groups excluding tert-OH is 1. The molecule has 1 aromatic heterocycles. The van der Waals surface area contributed by atoms with Crippen LogP contribution in [0.15, 0.2) is 24.3 Å². The van der Waals surface area contributed by atoms with Crippen LogP contribution in [0.5, 0.6) is 0 Å². The van der Waals surface area contributed by atoms with E-state index in [1.54, 1.807) is 6.07 Å². The highest BCUT2D eigenvalue weighted by Gasteiger charge is 2.23. The second kappa shape index (κ2) is 6.83. The van der Waals surface area contributed by atoms with Crippen LogP contribution in [0.25, 0.3) is 10.9 Å². The Balaban J connectivity index is 1.82. The molecule has 1 saturated heterocycles. The molecule has 1 N–H and O–H groups in total. The summed E-state index contributed by atoms with van der Waals surface area (Å²) in [5, 5.41) is 10.5. The van der Waals surface area contributed by atoms with Crippen molar-refractivity contribution in [3.05, 3.63) is 40.5 Å². The topological polar surface area (TPSA) is 56.7 Å². The fraction of sp³-hybridized carbons (Fsp3) is 0.412. The zero-order valence-electron chi connectivity index (χ0n) is 13.1. The first kappa shape index (κ1) is 16.2. The number of halogens is 1. The van der Waals surface area contributed by atoms with Gasteiger partial charge in [-0.1, -0.05) is 11.6 Å². The van der Waals surface area contributed by atoms with Gasteiger partial charge in [0.15, 0.2) is 0 Å². The lowest BCUT2D eigenvalue weighted by Crippen LogP contribution is -2.49. The molecule has 122 valence electrons. The minimum atomic E-state index is 0.0144. The molecule has 5 nitrogen and oxygen atoms in total. The number of benzene rings is 1. The first-order valence-electron chi connectivity index (χ1n) is 7.78. The smallest absolute Gasteiger partial charge is 0.255 e.